The van der Waals surface area contributed by atoms with Crippen LogP contribution in [0.5, 0.6) is 0 Å². The van der Waals surface area contributed by atoms with Gasteiger partial charge < -0.3 is 9.13 Å². The first-order chi connectivity index (χ1) is 25.8. The summed E-state index contributed by atoms with van der Waals surface area (Å²) in [6.07, 6.45) is 0. The summed E-state index contributed by atoms with van der Waals surface area (Å²) >= 11 is 0. The number of fused-ring (bicyclic) bond motifs is 7. The number of nitrogens with zero attached hydrogens (tertiary/aromatic N) is 6. The van der Waals surface area contributed by atoms with Crippen LogP contribution < -0.4 is 0 Å². The molecule has 0 amide bonds. The van der Waals surface area contributed by atoms with Gasteiger partial charge in [0.2, 0.25) is 5.69 Å². The van der Waals surface area contributed by atoms with Crippen LogP contribution in [0, 0.1) is 6.57 Å². The average molecular weight is 665 g/mol. The van der Waals surface area contributed by atoms with E-state index in [1.54, 1.807) is 0 Å². The lowest BCUT2D eigenvalue weighted by atomic mass is 10.1. The minimum Gasteiger partial charge on any atom is -0.318 e. The van der Waals surface area contributed by atoms with Crippen molar-refractivity contribution in [2.24, 2.45) is 0 Å². The molecule has 0 N–H and O–H groups in total. The first-order valence-electron chi connectivity index (χ1n) is 17.2. The van der Waals surface area contributed by atoms with Gasteiger partial charge in [0.1, 0.15) is 0 Å². The van der Waals surface area contributed by atoms with E-state index in [1.807, 2.05) is 84.9 Å². The van der Waals surface area contributed by atoms with Crippen LogP contribution in [0.25, 0.3) is 94.0 Å². The summed E-state index contributed by atoms with van der Waals surface area (Å²) < 4.78 is 4.60. The lowest BCUT2D eigenvalue weighted by molar-refractivity contribution is 1.07. The molecule has 0 bridgehead atoms. The van der Waals surface area contributed by atoms with Gasteiger partial charge in [0.15, 0.2) is 17.5 Å². The second-order valence-electron chi connectivity index (χ2n) is 12.8. The molecule has 0 fully saturated rings. The van der Waals surface area contributed by atoms with Crippen LogP contribution in [-0.4, -0.2) is 24.1 Å². The topological polar surface area (TPSA) is 52.9 Å². The van der Waals surface area contributed by atoms with Gasteiger partial charge in [-0.2, -0.15) is 0 Å². The molecule has 0 aliphatic heterocycles. The van der Waals surface area contributed by atoms with E-state index in [2.05, 4.69) is 98.9 Å². The fourth-order valence-electron chi connectivity index (χ4n) is 7.49. The van der Waals surface area contributed by atoms with Crippen LogP contribution >= 0.6 is 0 Å². The number of hydrogen-bond acceptors (Lipinski definition) is 3. The maximum atomic E-state index is 8.48. The van der Waals surface area contributed by atoms with Crippen molar-refractivity contribution in [3.8, 4) is 45.5 Å². The Morgan fingerprint density at radius 3 is 1.60 bits per heavy atom. The fourth-order valence-corrected chi connectivity index (χ4v) is 7.49. The van der Waals surface area contributed by atoms with Crippen LogP contribution in [0.4, 0.5) is 5.69 Å². The molecule has 3 heterocycles. The quantitative estimate of drug-likeness (QED) is 0.172. The Labute approximate surface area is 299 Å². The Balaban J connectivity index is 1.24. The zero-order valence-corrected chi connectivity index (χ0v) is 27.8. The molecule has 10 rings (SSSR count). The molecule has 0 atom stereocenters. The molecule has 3 aromatic heterocycles. The zero-order valence-electron chi connectivity index (χ0n) is 27.8. The minimum atomic E-state index is 0.506. The molecule has 0 spiro atoms. The van der Waals surface area contributed by atoms with Gasteiger partial charge >= 0.3 is 0 Å². The van der Waals surface area contributed by atoms with Gasteiger partial charge in [0, 0.05) is 43.9 Å². The molecular weight excluding hydrogens is 637 g/mol. The summed E-state index contributed by atoms with van der Waals surface area (Å²) in [5, 5.41) is 4.57. The summed E-state index contributed by atoms with van der Waals surface area (Å²) in [5.74, 6) is 1.68. The Morgan fingerprint density at radius 1 is 0.423 bits per heavy atom. The summed E-state index contributed by atoms with van der Waals surface area (Å²) in [6.45, 7) is 8.48. The average Bonchev–Trinajstić information content (AvgIpc) is 3.74. The summed E-state index contributed by atoms with van der Waals surface area (Å²) in [5.41, 5.74) is 9.30. The van der Waals surface area contributed by atoms with Crippen molar-refractivity contribution in [3.05, 3.63) is 181 Å². The van der Waals surface area contributed by atoms with Crippen molar-refractivity contribution in [2.75, 3.05) is 0 Å². The van der Waals surface area contributed by atoms with E-state index in [0.717, 1.165) is 71.7 Å². The predicted octanol–water partition coefficient (Wildman–Crippen LogP) is 11.6. The number of rotatable bonds is 5. The number of aromatic nitrogens is 5. The molecule has 0 aliphatic rings. The van der Waals surface area contributed by atoms with Crippen molar-refractivity contribution in [2.45, 2.75) is 0 Å². The first-order valence-corrected chi connectivity index (χ1v) is 17.2. The molecule has 242 valence electrons. The predicted molar refractivity (Wildman–Crippen MR) is 211 cm³/mol. The Bertz CT molecular complexity index is 2950. The van der Waals surface area contributed by atoms with E-state index in [0.29, 0.717) is 23.2 Å². The second kappa shape index (κ2) is 11.9. The smallest absolute Gasteiger partial charge is 0.211 e. The molecule has 0 aliphatic carbocycles. The molecule has 52 heavy (non-hydrogen) atoms. The Morgan fingerprint density at radius 2 is 0.962 bits per heavy atom. The molecule has 6 nitrogen and oxygen atoms in total. The second-order valence-corrected chi connectivity index (χ2v) is 12.8. The molecule has 10 aromatic rings. The fraction of sp³-hybridized carbons (Fsp3) is 0. The van der Waals surface area contributed by atoms with Crippen molar-refractivity contribution >= 4 is 49.3 Å². The maximum Gasteiger partial charge on any atom is 0.211 e. The van der Waals surface area contributed by atoms with Gasteiger partial charge in [-0.3, -0.25) is 0 Å². The zero-order chi connectivity index (χ0) is 34.6. The maximum absolute atomic E-state index is 8.48. The molecule has 0 radical (unpaired) electrons. The first kappa shape index (κ1) is 29.5. The molecule has 0 saturated heterocycles. The van der Waals surface area contributed by atoms with Gasteiger partial charge in [0.25, 0.3) is 0 Å². The summed E-state index contributed by atoms with van der Waals surface area (Å²) in [4.78, 5) is 18.9. The van der Waals surface area contributed by atoms with Gasteiger partial charge in [-0.25, -0.2) is 19.8 Å². The highest BCUT2D eigenvalue weighted by Gasteiger charge is 2.22. The van der Waals surface area contributed by atoms with Gasteiger partial charge in [-0.1, -0.05) is 127 Å². The minimum absolute atomic E-state index is 0.506. The van der Waals surface area contributed by atoms with E-state index < -0.39 is 0 Å². The van der Waals surface area contributed by atoms with Crippen molar-refractivity contribution in [1.82, 2.24) is 24.1 Å². The SMILES string of the molecule is [C-]#[N+]c1cc(-c2nc(-c3ccccc3)nc(-c3ccccc3)n2)ccc1-n1c2ccccc2c2ccc3c(c4ccccc4n3-c3ccccc3)c21. The third kappa shape index (κ3) is 4.61. The number of benzene rings is 7. The van der Waals surface area contributed by atoms with Crippen molar-refractivity contribution in [3.63, 3.8) is 0 Å². The number of hydrogen-bond donors (Lipinski definition) is 0. The van der Waals surface area contributed by atoms with Crippen LogP contribution in [0.3, 0.4) is 0 Å². The molecule has 7 aromatic carbocycles. The van der Waals surface area contributed by atoms with Crippen LogP contribution in [0.15, 0.2) is 170 Å². The van der Waals surface area contributed by atoms with Crippen LogP contribution in [0.2, 0.25) is 0 Å². The Kier molecular flexibility index (Phi) is 6.76. The highest BCUT2D eigenvalue weighted by atomic mass is 15.0. The lowest BCUT2D eigenvalue weighted by Gasteiger charge is -2.13. The molecule has 0 unspecified atom stereocenters. The van der Waals surface area contributed by atoms with Gasteiger partial charge in [-0.15, -0.1) is 0 Å². The van der Waals surface area contributed by atoms with Crippen LogP contribution in [0.1, 0.15) is 0 Å². The standard InChI is InChI=1S/C46H28N6/c1-47-37-29-32(46-49-44(30-15-5-2-6-16-30)48-45(50-46)31-17-7-3-8-18-31)25-27-40(37)52-38-23-13-11-21-34(38)35-26-28-41-42(43(35)52)36-22-12-14-24-39(36)51(41)33-19-9-4-10-20-33/h2-29H. The molecule has 0 saturated carbocycles. The lowest BCUT2D eigenvalue weighted by Crippen LogP contribution is -2.01. The van der Waals surface area contributed by atoms with Gasteiger partial charge in [-0.05, 0) is 42.5 Å². The summed E-state index contributed by atoms with van der Waals surface area (Å²) in [7, 11) is 0. The van der Waals surface area contributed by atoms with Crippen LogP contribution in [-0.2, 0) is 0 Å². The van der Waals surface area contributed by atoms with E-state index in [-0.39, 0.29) is 0 Å². The van der Waals surface area contributed by atoms with E-state index in [1.165, 1.54) is 0 Å². The van der Waals surface area contributed by atoms with E-state index >= 15 is 0 Å². The summed E-state index contributed by atoms with van der Waals surface area (Å²) in [6, 6.07) is 57.8. The third-order valence-electron chi connectivity index (χ3n) is 9.78. The highest BCUT2D eigenvalue weighted by Crippen LogP contribution is 2.43. The Hall–Kier alpha value is -7.36. The van der Waals surface area contributed by atoms with E-state index in [4.69, 9.17) is 21.5 Å². The third-order valence-corrected chi connectivity index (χ3v) is 9.78. The van der Waals surface area contributed by atoms with Crippen molar-refractivity contribution in [1.29, 1.82) is 0 Å². The van der Waals surface area contributed by atoms with Gasteiger partial charge in [0.05, 0.1) is 34.3 Å². The highest BCUT2D eigenvalue weighted by molar-refractivity contribution is 6.26. The number of para-hydroxylation sites is 3. The van der Waals surface area contributed by atoms with E-state index in [9.17, 15) is 0 Å². The normalized spacial score (nSPS) is 11.4. The monoisotopic (exact) mass is 664 g/mol. The molecular formula is C46H28N6. The largest absolute Gasteiger partial charge is 0.318 e. The van der Waals surface area contributed by atoms with Crippen molar-refractivity contribution < 1.29 is 0 Å². The molecule has 6 heteroatoms.